The largest absolute Gasteiger partial charge is 0.374 e. The van der Waals surface area contributed by atoms with Crippen molar-refractivity contribution in [3.05, 3.63) is 41.5 Å². The normalized spacial score (nSPS) is 12.4. The number of hydrogen-bond acceptors (Lipinski definition) is 5. The van der Waals surface area contributed by atoms with Gasteiger partial charge in [0, 0.05) is 17.2 Å². The molecular weight excluding hydrogens is 256 g/mol. The molecule has 0 fully saturated rings. The molecule has 1 heterocycles. The highest BCUT2D eigenvalue weighted by Gasteiger charge is 2.16. The minimum Gasteiger partial charge on any atom is -0.374 e. The van der Waals surface area contributed by atoms with Crippen molar-refractivity contribution in [3.8, 4) is 0 Å². The molecule has 1 amide bonds. The lowest BCUT2D eigenvalue weighted by Gasteiger charge is -2.11. The summed E-state index contributed by atoms with van der Waals surface area (Å²) in [5.74, 6) is 0.955. The van der Waals surface area contributed by atoms with E-state index in [9.17, 15) is 4.79 Å². The van der Waals surface area contributed by atoms with Gasteiger partial charge in [-0.3, -0.25) is 4.79 Å². The molecule has 0 aliphatic rings. The molecule has 106 valence electrons. The molecule has 1 atom stereocenters. The number of nitrogens with two attached hydrogens (primary N) is 1. The summed E-state index contributed by atoms with van der Waals surface area (Å²) in [5.41, 5.74) is 6.48. The third-order valence-electron chi connectivity index (χ3n) is 2.87. The predicted octanol–water partition coefficient (Wildman–Crippen LogP) is 2.46. The van der Waals surface area contributed by atoms with Crippen LogP contribution >= 0.6 is 0 Å². The maximum atomic E-state index is 11.1. The maximum absolute atomic E-state index is 11.1. The van der Waals surface area contributed by atoms with Crippen molar-refractivity contribution in [1.82, 2.24) is 10.1 Å². The van der Waals surface area contributed by atoms with E-state index in [4.69, 9.17) is 10.3 Å². The van der Waals surface area contributed by atoms with E-state index in [0.29, 0.717) is 17.3 Å². The Morgan fingerprint density at radius 3 is 2.70 bits per heavy atom. The number of carbonyl (C=O) groups is 1. The van der Waals surface area contributed by atoms with Crippen molar-refractivity contribution in [2.24, 2.45) is 5.73 Å². The van der Waals surface area contributed by atoms with E-state index in [-0.39, 0.29) is 12.0 Å². The zero-order valence-corrected chi connectivity index (χ0v) is 11.8. The zero-order chi connectivity index (χ0) is 14.7. The van der Waals surface area contributed by atoms with E-state index in [0.717, 1.165) is 5.69 Å². The van der Waals surface area contributed by atoms with E-state index in [2.05, 4.69) is 15.5 Å². The number of carbonyl (C=O) groups excluding carboxylic acids is 1. The fraction of sp³-hybridized carbons (Fsp3) is 0.357. The molecule has 6 heteroatoms. The van der Waals surface area contributed by atoms with E-state index in [1.54, 1.807) is 18.2 Å². The molecule has 0 bridgehead atoms. The van der Waals surface area contributed by atoms with Crippen molar-refractivity contribution in [1.29, 1.82) is 0 Å². The molecule has 0 aliphatic carbocycles. The van der Waals surface area contributed by atoms with Gasteiger partial charge in [-0.15, -0.1) is 0 Å². The molecule has 2 aromatic rings. The Balaban J connectivity index is 2.12. The fourth-order valence-corrected chi connectivity index (χ4v) is 1.73. The highest BCUT2D eigenvalue weighted by atomic mass is 16.5. The van der Waals surface area contributed by atoms with Crippen molar-refractivity contribution >= 4 is 11.6 Å². The summed E-state index contributed by atoms with van der Waals surface area (Å²) >= 11 is 0. The van der Waals surface area contributed by atoms with Crippen LogP contribution in [0.15, 0.2) is 28.8 Å². The van der Waals surface area contributed by atoms with Gasteiger partial charge in [0.2, 0.25) is 11.8 Å². The van der Waals surface area contributed by atoms with Gasteiger partial charge < -0.3 is 15.6 Å². The molecule has 0 saturated heterocycles. The summed E-state index contributed by atoms with van der Waals surface area (Å²) in [6.07, 6.45) is 0. The van der Waals surface area contributed by atoms with Gasteiger partial charge >= 0.3 is 0 Å². The Morgan fingerprint density at radius 1 is 1.35 bits per heavy atom. The molecular formula is C14H18N4O2. The highest BCUT2D eigenvalue weighted by Crippen LogP contribution is 2.20. The molecule has 0 saturated carbocycles. The Bertz CT molecular complexity index is 607. The van der Waals surface area contributed by atoms with Gasteiger partial charge in [-0.25, -0.2) is 0 Å². The number of nitrogens with one attached hydrogen (secondary N) is 1. The van der Waals surface area contributed by atoms with Crippen LogP contribution in [0.25, 0.3) is 0 Å². The first-order chi connectivity index (χ1) is 9.47. The van der Waals surface area contributed by atoms with Gasteiger partial charge in [0.25, 0.3) is 0 Å². The molecule has 1 aromatic heterocycles. The second-order valence-electron chi connectivity index (χ2n) is 4.96. The number of aromatic nitrogens is 2. The molecule has 0 aliphatic heterocycles. The average Bonchev–Trinajstić information content (AvgIpc) is 2.88. The predicted molar refractivity (Wildman–Crippen MR) is 75.4 cm³/mol. The molecule has 3 N–H and O–H groups in total. The van der Waals surface area contributed by atoms with Crippen LogP contribution in [-0.2, 0) is 0 Å². The van der Waals surface area contributed by atoms with Gasteiger partial charge in [-0.2, -0.15) is 4.98 Å². The molecule has 2 rings (SSSR count). The SMILES string of the molecule is CC(C)c1noc([C@@H](C)Nc2cccc(C(N)=O)c2)n1. The van der Waals surface area contributed by atoms with E-state index >= 15 is 0 Å². The monoisotopic (exact) mass is 274 g/mol. The lowest BCUT2D eigenvalue weighted by molar-refractivity contribution is 0.100. The minimum atomic E-state index is -0.457. The lowest BCUT2D eigenvalue weighted by atomic mass is 10.2. The number of hydrogen-bond donors (Lipinski definition) is 2. The third kappa shape index (κ3) is 3.14. The van der Waals surface area contributed by atoms with Crippen molar-refractivity contribution in [3.63, 3.8) is 0 Å². The highest BCUT2D eigenvalue weighted by molar-refractivity contribution is 5.93. The first-order valence-corrected chi connectivity index (χ1v) is 6.47. The number of amides is 1. The van der Waals surface area contributed by atoms with Gasteiger partial charge in [-0.1, -0.05) is 25.1 Å². The standard InChI is InChI=1S/C14H18N4O2/c1-8(2)13-17-14(20-18-13)9(3)16-11-6-4-5-10(7-11)12(15)19/h4-9,16H,1-3H3,(H2,15,19)/t9-/m1/s1. The van der Waals surface area contributed by atoms with Gasteiger partial charge in [0.1, 0.15) is 6.04 Å². The topological polar surface area (TPSA) is 94.0 Å². The van der Waals surface area contributed by atoms with E-state index in [1.807, 2.05) is 26.8 Å². The molecule has 0 radical (unpaired) electrons. The van der Waals surface area contributed by atoms with Gasteiger partial charge in [0.15, 0.2) is 5.82 Å². The van der Waals surface area contributed by atoms with Crippen LogP contribution in [0.2, 0.25) is 0 Å². The summed E-state index contributed by atoms with van der Waals surface area (Å²) in [6, 6.07) is 6.82. The van der Waals surface area contributed by atoms with Crippen molar-refractivity contribution in [2.75, 3.05) is 5.32 Å². The zero-order valence-electron chi connectivity index (χ0n) is 11.8. The van der Waals surface area contributed by atoms with Crippen LogP contribution in [0, 0.1) is 0 Å². The van der Waals surface area contributed by atoms with Crippen LogP contribution in [0.1, 0.15) is 54.8 Å². The summed E-state index contributed by atoms with van der Waals surface area (Å²) in [4.78, 5) is 15.5. The average molecular weight is 274 g/mol. The molecule has 0 unspecified atom stereocenters. The first kappa shape index (κ1) is 14.0. The summed E-state index contributed by atoms with van der Waals surface area (Å²) in [6.45, 7) is 5.92. The summed E-state index contributed by atoms with van der Waals surface area (Å²) < 4.78 is 5.22. The Hall–Kier alpha value is -2.37. The number of primary amides is 1. The molecule has 6 nitrogen and oxygen atoms in total. The van der Waals surface area contributed by atoms with Crippen LogP contribution in [-0.4, -0.2) is 16.0 Å². The quantitative estimate of drug-likeness (QED) is 0.873. The number of anilines is 1. The molecule has 0 spiro atoms. The maximum Gasteiger partial charge on any atom is 0.248 e. The van der Waals surface area contributed by atoms with Crippen LogP contribution in [0.3, 0.4) is 0 Å². The third-order valence-corrected chi connectivity index (χ3v) is 2.87. The number of benzene rings is 1. The van der Waals surface area contributed by atoms with Crippen LogP contribution in [0.4, 0.5) is 5.69 Å². The Labute approximate surface area is 117 Å². The second-order valence-corrected chi connectivity index (χ2v) is 4.96. The lowest BCUT2D eigenvalue weighted by Crippen LogP contribution is -2.12. The minimum absolute atomic E-state index is 0.155. The Morgan fingerprint density at radius 2 is 2.10 bits per heavy atom. The van der Waals surface area contributed by atoms with Crippen LogP contribution < -0.4 is 11.1 Å². The van der Waals surface area contributed by atoms with Crippen molar-refractivity contribution < 1.29 is 9.32 Å². The van der Waals surface area contributed by atoms with E-state index in [1.165, 1.54) is 0 Å². The summed E-state index contributed by atoms with van der Waals surface area (Å²) in [7, 11) is 0. The number of rotatable bonds is 5. The fourth-order valence-electron chi connectivity index (χ4n) is 1.73. The molecule has 1 aromatic carbocycles. The summed E-state index contributed by atoms with van der Waals surface area (Å²) in [5, 5.41) is 7.13. The van der Waals surface area contributed by atoms with Crippen molar-refractivity contribution in [2.45, 2.75) is 32.7 Å². The van der Waals surface area contributed by atoms with Gasteiger partial charge in [0.05, 0.1) is 0 Å². The first-order valence-electron chi connectivity index (χ1n) is 6.47. The van der Waals surface area contributed by atoms with Gasteiger partial charge in [-0.05, 0) is 25.1 Å². The smallest absolute Gasteiger partial charge is 0.248 e. The number of nitrogens with zero attached hydrogens (tertiary/aromatic N) is 2. The second kappa shape index (κ2) is 5.73. The molecule has 20 heavy (non-hydrogen) atoms. The Kier molecular flexibility index (Phi) is 4.02. The van der Waals surface area contributed by atoms with Crippen LogP contribution in [0.5, 0.6) is 0 Å². The van der Waals surface area contributed by atoms with E-state index < -0.39 is 5.91 Å².